The number of carbonyl (C=O) groups is 1. The van der Waals surface area contributed by atoms with Crippen LogP contribution in [0.4, 0.5) is 0 Å². The molecule has 1 aliphatic heterocycles. The van der Waals surface area contributed by atoms with Gasteiger partial charge in [0, 0.05) is 0 Å². The van der Waals surface area contributed by atoms with E-state index in [1.807, 2.05) is 0 Å². The van der Waals surface area contributed by atoms with E-state index in [0.29, 0.717) is 5.92 Å². The topological polar surface area (TPSA) is 55.8 Å². The molecule has 1 rings (SSSR count). The van der Waals surface area contributed by atoms with Crippen molar-refractivity contribution in [3.63, 3.8) is 0 Å². The molecule has 4 heteroatoms. The number of hydrogen-bond acceptors (Lipinski definition) is 3. The van der Waals surface area contributed by atoms with Crippen LogP contribution < -0.4 is 0 Å². The van der Waals surface area contributed by atoms with Crippen LogP contribution in [-0.2, 0) is 14.6 Å². The van der Waals surface area contributed by atoms with E-state index in [-0.39, 0.29) is 24.0 Å². The highest BCUT2D eigenvalue weighted by Crippen LogP contribution is 2.40. The van der Waals surface area contributed by atoms with Gasteiger partial charge in [0.1, 0.15) is 11.7 Å². The fraction of sp³-hybridized carbons (Fsp3) is 0.850. The van der Waals surface area contributed by atoms with Gasteiger partial charge in [-0.1, -0.05) is 46.3 Å². The highest BCUT2D eigenvalue weighted by Gasteiger charge is 2.42. The van der Waals surface area contributed by atoms with Crippen molar-refractivity contribution >= 4 is 5.97 Å². The fourth-order valence-electron chi connectivity index (χ4n) is 3.64. The first kappa shape index (κ1) is 21.2. The summed E-state index contributed by atoms with van der Waals surface area (Å²) >= 11 is 0. The number of carboxylic acid groups (broad SMARTS) is 1. The molecule has 1 aliphatic rings. The van der Waals surface area contributed by atoms with Crippen LogP contribution in [-0.4, -0.2) is 22.8 Å². The molecular formula is C20H36O4. The minimum Gasteiger partial charge on any atom is -0.481 e. The van der Waals surface area contributed by atoms with Gasteiger partial charge in [0.2, 0.25) is 0 Å². The SMILES string of the molecule is CC/C=C/[C@H](CC)CCC[C@@]1(CC)C[C@H](CC)[C@H](CC(=O)O)OO1. The Balaban J connectivity index is 2.57. The van der Waals surface area contributed by atoms with Crippen LogP contribution in [0.15, 0.2) is 12.2 Å². The third kappa shape index (κ3) is 6.56. The van der Waals surface area contributed by atoms with E-state index in [0.717, 1.165) is 38.5 Å². The van der Waals surface area contributed by atoms with Crippen molar-refractivity contribution in [3.8, 4) is 0 Å². The summed E-state index contributed by atoms with van der Waals surface area (Å²) in [6.45, 7) is 8.66. The molecule has 0 unspecified atom stereocenters. The number of carboxylic acids is 1. The summed E-state index contributed by atoms with van der Waals surface area (Å²) in [4.78, 5) is 22.3. The largest absolute Gasteiger partial charge is 0.481 e. The summed E-state index contributed by atoms with van der Waals surface area (Å²) < 4.78 is 0. The fourth-order valence-corrected chi connectivity index (χ4v) is 3.64. The highest BCUT2D eigenvalue weighted by atomic mass is 17.2. The van der Waals surface area contributed by atoms with Crippen molar-refractivity contribution in [2.75, 3.05) is 0 Å². The molecule has 1 N–H and O–H groups in total. The zero-order chi connectivity index (χ0) is 18.0. The molecule has 24 heavy (non-hydrogen) atoms. The minimum absolute atomic E-state index is 0.0258. The lowest BCUT2D eigenvalue weighted by molar-refractivity contribution is -0.423. The van der Waals surface area contributed by atoms with Gasteiger partial charge in [-0.05, 0) is 56.8 Å². The second-order valence-corrected chi connectivity index (χ2v) is 7.12. The van der Waals surface area contributed by atoms with Crippen molar-refractivity contribution in [3.05, 3.63) is 12.2 Å². The van der Waals surface area contributed by atoms with Gasteiger partial charge in [0.25, 0.3) is 0 Å². The molecule has 0 aromatic carbocycles. The van der Waals surface area contributed by atoms with Gasteiger partial charge in [-0.3, -0.25) is 4.79 Å². The Bertz CT molecular complexity index is 393. The van der Waals surface area contributed by atoms with Gasteiger partial charge in [0.05, 0.1) is 6.42 Å². The summed E-state index contributed by atoms with van der Waals surface area (Å²) in [6, 6.07) is 0. The summed E-state index contributed by atoms with van der Waals surface area (Å²) in [7, 11) is 0. The summed E-state index contributed by atoms with van der Waals surface area (Å²) in [5, 5.41) is 9.02. The van der Waals surface area contributed by atoms with E-state index in [4.69, 9.17) is 14.9 Å². The van der Waals surface area contributed by atoms with E-state index in [1.54, 1.807) is 0 Å². The molecule has 4 atom stereocenters. The van der Waals surface area contributed by atoms with Crippen LogP contribution in [0.5, 0.6) is 0 Å². The molecule has 1 heterocycles. The van der Waals surface area contributed by atoms with E-state index < -0.39 is 5.97 Å². The number of rotatable bonds is 11. The smallest absolute Gasteiger partial charge is 0.306 e. The van der Waals surface area contributed by atoms with Crippen molar-refractivity contribution in [1.82, 2.24) is 0 Å². The Hall–Kier alpha value is -0.870. The lowest BCUT2D eigenvalue weighted by Gasteiger charge is -2.42. The second kappa shape index (κ2) is 10.9. The van der Waals surface area contributed by atoms with Gasteiger partial charge in [-0.2, -0.15) is 0 Å². The molecular weight excluding hydrogens is 304 g/mol. The summed E-state index contributed by atoms with van der Waals surface area (Å²) in [6.07, 6.45) is 12.6. The van der Waals surface area contributed by atoms with E-state index in [1.165, 1.54) is 12.8 Å². The van der Waals surface area contributed by atoms with Gasteiger partial charge < -0.3 is 5.11 Å². The van der Waals surface area contributed by atoms with Gasteiger partial charge in [-0.15, -0.1) is 0 Å². The summed E-state index contributed by atoms with van der Waals surface area (Å²) in [5.41, 5.74) is -0.248. The van der Waals surface area contributed by atoms with Crippen LogP contribution in [0.25, 0.3) is 0 Å². The Morgan fingerprint density at radius 3 is 2.62 bits per heavy atom. The zero-order valence-corrected chi connectivity index (χ0v) is 15.9. The Labute approximate surface area is 147 Å². The zero-order valence-electron chi connectivity index (χ0n) is 15.9. The predicted molar refractivity (Wildman–Crippen MR) is 96.7 cm³/mol. The number of allylic oxidation sites excluding steroid dienone is 2. The molecule has 1 saturated heterocycles. The predicted octanol–water partition coefficient (Wildman–Crippen LogP) is 5.52. The third-order valence-corrected chi connectivity index (χ3v) is 5.43. The lowest BCUT2D eigenvalue weighted by Crippen LogP contribution is -2.45. The molecule has 0 aliphatic carbocycles. The molecule has 0 saturated carbocycles. The molecule has 0 bridgehead atoms. The molecule has 0 amide bonds. The van der Waals surface area contributed by atoms with Gasteiger partial charge in [0.15, 0.2) is 0 Å². The Morgan fingerprint density at radius 1 is 1.33 bits per heavy atom. The van der Waals surface area contributed by atoms with Crippen LogP contribution in [0.1, 0.15) is 85.5 Å². The molecule has 0 radical (unpaired) electrons. The van der Waals surface area contributed by atoms with Crippen LogP contribution in [0.2, 0.25) is 0 Å². The highest BCUT2D eigenvalue weighted by molar-refractivity contribution is 5.67. The molecule has 1 fully saturated rings. The van der Waals surface area contributed by atoms with E-state index in [9.17, 15) is 4.79 Å². The number of hydrogen-bond donors (Lipinski definition) is 1. The Kier molecular flexibility index (Phi) is 9.60. The lowest BCUT2D eigenvalue weighted by atomic mass is 9.79. The minimum atomic E-state index is -0.820. The second-order valence-electron chi connectivity index (χ2n) is 7.12. The van der Waals surface area contributed by atoms with Crippen molar-refractivity contribution in [2.24, 2.45) is 11.8 Å². The maximum absolute atomic E-state index is 11.0. The maximum atomic E-state index is 11.0. The standard InChI is InChI=1S/C20H36O4/c1-5-9-11-16(6-2)12-10-13-20(8-4)15-17(7-3)18(23-24-20)14-19(21)22/h9,11,16-18H,5-8,10,12-15H2,1-4H3,(H,21,22)/b11-9+/t16-,17-,18-,20-/m0/s1. The van der Waals surface area contributed by atoms with E-state index in [2.05, 4.69) is 39.8 Å². The monoisotopic (exact) mass is 340 g/mol. The van der Waals surface area contributed by atoms with Crippen LogP contribution in [0.3, 0.4) is 0 Å². The Morgan fingerprint density at radius 2 is 2.08 bits per heavy atom. The molecule has 0 aromatic rings. The average molecular weight is 341 g/mol. The molecule has 4 nitrogen and oxygen atoms in total. The van der Waals surface area contributed by atoms with Crippen molar-refractivity contribution in [1.29, 1.82) is 0 Å². The number of aliphatic carboxylic acids is 1. The third-order valence-electron chi connectivity index (χ3n) is 5.43. The molecule has 140 valence electrons. The molecule has 0 spiro atoms. The normalized spacial score (nSPS) is 29.0. The van der Waals surface area contributed by atoms with Gasteiger partial charge >= 0.3 is 5.97 Å². The molecule has 0 aromatic heterocycles. The van der Waals surface area contributed by atoms with Gasteiger partial charge in [-0.25, -0.2) is 9.78 Å². The first-order chi connectivity index (χ1) is 11.5. The van der Waals surface area contributed by atoms with Crippen molar-refractivity contribution < 1.29 is 19.7 Å². The van der Waals surface area contributed by atoms with Crippen LogP contribution >= 0.6 is 0 Å². The quantitative estimate of drug-likeness (QED) is 0.397. The first-order valence-electron chi connectivity index (χ1n) is 9.73. The average Bonchev–Trinajstić information content (AvgIpc) is 2.58. The summed E-state index contributed by atoms with van der Waals surface area (Å²) in [5.74, 6) is 0.0846. The van der Waals surface area contributed by atoms with Crippen LogP contribution in [0, 0.1) is 11.8 Å². The first-order valence-corrected chi connectivity index (χ1v) is 9.73. The van der Waals surface area contributed by atoms with Crippen molar-refractivity contribution in [2.45, 2.75) is 97.2 Å². The van der Waals surface area contributed by atoms with E-state index >= 15 is 0 Å². The maximum Gasteiger partial charge on any atom is 0.306 e.